The van der Waals surface area contributed by atoms with E-state index in [1.165, 1.54) is 0 Å². The lowest BCUT2D eigenvalue weighted by atomic mass is 10.1. The molecule has 0 spiro atoms. The molecule has 1 heterocycles. The first-order chi connectivity index (χ1) is 15.9. The second-order valence-electron chi connectivity index (χ2n) is 7.72. The van der Waals surface area contributed by atoms with Gasteiger partial charge in [-0.05, 0) is 60.9 Å². The number of anilines is 2. The van der Waals surface area contributed by atoms with Gasteiger partial charge in [-0.1, -0.05) is 54.1 Å². The van der Waals surface area contributed by atoms with Crippen molar-refractivity contribution in [1.82, 2.24) is 5.32 Å². The molecule has 1 aliphatic heterocycles. The van der Waals surface area contributed by atoms with Gasteiger partial charge in [0.15, 0.2) is 0 Å². The summed E-state index contributed by atoms with van der Waals surface area (Å²) in [7, 11) is 0. The lowest BCUT2D eigenvalue weighted by Crippen LogP contribution is -2.33. The first-order valence-corrected chi connectivity index (χ1v) is 10.8. The largest absolute Gasteiger partial charge is 0.350 e. The highest BCUT2D eigenvalue weighted by Crippen LogP contribution is 2.32. The summed E-state index contributed by atoms with van der Waals surface area (Å²) >= 11 is 6.23. The molecule has 6 nitrogen and oxygen atoms in total. The summed E-state index contributed by atoms with van der Waals surface area (Å²) in [6, 6.07) is 21.6. The van der Waals surface area contributed by atoms with Gasteiger partial charge in [0.25, 0.3) is 17.7 Å². The lowest BCUT2D eigenvalue weighted by molar-refractivity contribution is -0.120. The Morgan fingerprint density at radius 3 is 2.27 bits per heavy atom. The first-order valence-electron chi connectivity index (χ1n) is 10.4. The fourth-order valence-electron chi connectivity index (χ4n) is 3.54. The number of nitrogens with one attached hydrogen (secondary N) is 2. The van der Waals surface area contributed by atoms with Crippen LogP contribution < -0.4 is 15.5 Å². The van der Waals surface area contributed by atoms with Crippen LogP contribution in [-0.4, -0.2) is 17.7 Å². The Morgan fingerprint density at radius 1 is 0.879 bits per heavy atom. The molecular formula is C26H22ClN3O3. The minimum absolute atomic E-state index is 0.00357. The van der Waals surface area contributed by atoms with E-state index < -0.39 is 11.8 Å². The van der Waals surface area contributed by atoms with Crippen LogP contribution in [0, 0.1) is 13.8 Å². The van der Waals surface area contributed by atoms with Crippen molar-refractivity contribution < 1.29 is 14.4 Å². The molecule has 3 aromatic rings. The van der Waals surface area contributed by atoms with Crippen LogP contribution in [0.2, 0.25) is 0 Å². The summed E-state index contributed by atoms with van der Waals surface area (Å²) in [4.78, 5) is 39.3. The summed E-state index contributed by atoms with van der Waals surface area (Å²) < 4.78 is 0. The molecule has 0 bridgehead atoms. The Hall–Kier alpha value is -3.90. The minimum Gasteiger partial charge on any atom is -0.350 e. The summed E-state index contributed by atoms with van der Waals surface area (Å²) in [6.07, 6.45) is 0. The van der Waals surface area contributed by atoms with Gasteiger partial charge < -0.3 is 10.6 Å². The smallest absolute Gasteiger partial charge is 0.283 e. The summed E-state index contributed by atoms with van der Waals surface area (Å²) in [5.41, 5.74) is 4.31. The van der Waals surface area contributed by atoms with Crippen molar-refractivity contribution in [1.29, 1.82) is 0 Å². The topological polar surface area (TPSA) is 78.5 Å². The molecule has 166 valence electrons. The fraction of sp³-hybridized carbons (Fsp3) is 0.115. The summed E-state index contributed by atoms with van der Waals surface area (Å²) in [5, 5.41) is 5.62. The Morgan fingerprint density at radius 2 is 1.58 bits per heavy atom. The van der Waals surface area contributed by atoms with Gasteiger partial charge in [0.05, 0.1) is 5.69 Å². The van der Waals surface area contributed by atoms with E-state index in [9.17, 15) is 14.4 Å². The molecule has 0 fully saturated rings. The molecule has 4 rings (SSSR count). The molecule has 7 heteroatoms. The normalized spacial score (nSPS) is 13.5. The average Bonchev–Trinajstić information content (AvgIpc) is 3.03. The van der Waals surface area contributed by atoms with E-state index >= 15 is 0 Å². The summed E-state index contributed by atoms with van der Waals surface area (Å²) in [6.45, 7) is 4.19. The van der Waals surface area contributed by atoms with Crippen molar-refractivity contribution >= 4 is 40.7 Å². The number of nitrogens with zero attached hydrogens (tertiary/aromatic N) is 1. The zero-order valence-corrected chi connectivity index (χ0v) is 18.9. The van der Waals surface area contributed by atoms with E-state index in [2.05, 4.69) is 10.6 Å². The summed E-state index contributed by atoms with van der Waals surface area (Å²) in [5.74, 6) is -1.31. The third-order valence-electron chi connectivity index (χ3n) is 5.56. The van der Waals surface area contributed by atoms with E-state index in [1.807, 2.05) is 50.2 Å². The van der Waals surface area contributed by atoms with Crippen molar-refractivity contribution in [3.05, 3.63) is 106 Å². The molecule has 0 radical (unpaired) electrons. The SMILES string of the molecule is Cc1cccc(N2C(=O)C(Cl)=C(Nc3ccc(C(=O)NCc4ccccc4)cc3)C2=O)c1C. The van der Waals surface area contributed by atoms with Gasteiger partial charge in [0.2, 0.25) is 0 Å². The van der Waals surface area contributed by atoms with Gasteiger partial charge in [-0.3, -0.25) is 14.4 Å². The van der Waals surface area contributed by atoms with Gasteiger partial charge in [-0.2, -0.15) is 0 Å². The van der Waals surface area contributed by atoms with Crippen molar-refractivity contribution in [3.63, 3.8) is 0 Å². The maximum absolute atomic E-state index is 13.0. The van der Waals surface area contributed by atoms with Gasteiger partial charge in [-0.25, -0.2) is 4.90 Å². The van der Waals surface area contributed by atoms with Gasteiger partial charge in [0.1, 0.15) is 10.7 Å². The quantitative estimate of drug-likeness (QED) is 0.525. The standard InChI is InChI=1S/C26H22ClN3O3/c1-16-7-6-10-21(17(16)2)30-25(32)22(27)23(26(30)33)29-20-13-11-19(12-14-20)24(31)28-15-18-8-4-3-5-9-18/h3-14,29H,15H2,1-2H3,(H,28,31). The average molecular weight is 460 g/mol. The molecule has 1 aliphatic rings. The molecular weight excluding hydrogens is 438 g/mol. The predicted molar refractivity (Wildman–Crippen MR) is 129 cm³/mol. The molecule has 33 heavy (non-hydrogen) atoms. The molecule has 0 saturated carbocycles. The van der Waals surface area contributed by atoms with Crippen LogP contribution in [0.3, 0.4) is 0 Å². The highest BCUT2D eigenvalue weighted by molar-refractivity contribution is 6.53. The van der Waals surface area contributed by atoms with Gasteiger partial charge in [-0.15, -0.1) is 0 Å². The number of benzene rings is 3. The zero-order chi connectivity index (χ0) is 23.5. The third kappa shape index (κ3) is 4.52. The van der Waals surface area contributed by atoms with Crippen molar-refractivity contribution in [3.8, 4) is 0 Å². The number of halogens is 1. The maximum atomic E-state index is 13.0. The molecule has 0 atom stereocenters. The number of amides is 3. The van der Waals surface area contributed by atoms with Crippen LogP contribution in [0.1, 0.15) is 27.0 Å². The molecule has 0 aliphatic carbocycles. The Kier molecular flexibility index (Phi) is 6.29. The van der Waals surface area contributed by atoms with Crippen LogP contribution in [0.4, 0.5) is 11.4 Å². The second kappa shape index (κ2) is 9.30. The van der Waals surface area contributed by atoms with Crippen LogP contribution in [-0.2, 0) is 16.1 Å². The van der Waals surface area contributed by atoms with E-state index in [0.29, 0.717) is 23.5 Å². The van der Waals surface area contributed by atoms with Crippen molar-refractivity contribution in [2.24, 2.45) is 0 Å². The van der Waals surface area contributed by atoms with Crippen LogP contribution in [0.15, 0.2) is 83.5 Å². The number of aryl methyl sites for hydroxylation is 1. The molecule has 0 unspecified atom stereocenters. The monoisotopic (exact) mass is 459 g/mol. The van der Waals surface area contributed by atoms with Gasteiger partial charge in [0, 0.05) is 17.8 Å². The van der Waals surface area contributed by atoms with Crippen LogP contribution in [0.5, 0.6) is 0 Å². The van der Waals surface area contributed by atoms with Gasteiger partial charge >= 0.3 is 0 Å². The zero-order valence-electron chi connectivity index (χ0n) is 18.2. The molecule has 2 N–H and O–H groups in total. The number of hydrogen-bond donors (Lipinski definition) is 2. The Labute approximate surface area is 196 Å². The number of carbonyl (C=O) groups excluding carboxylic acids is 3. The fourth-order valence-corrected chi connectivity index (χ4v) is 3.75. The van der Waals surface area contributed by atoms with Crippen molar-refractivity contribution in [2.45, 2.75) is 20.4 Å². The van der Waals surface area contributed by atoms with E-state index in [4.69, 9.17) is 11.6 Å². The number of carbonyl (C=O) groups is 3. The highest BCUT2D eigenvalue weighted by atomic mass is 35.5. The number of hydrogen-bond acceptors (Lipinski definition) is 4. The van der Waals surface area contributed by atoms with E-state index in [0.717, 1.165) is 21.6 Å². The Bertz CT molecular complexity index is 1270. The molecule has 0 aromatic heterocycles. The highest BCUT2D eigenvalue weighted by Gasteiger charge is 2.39. The van der Waals surface area contributed by atoms with E-state index in [1.54, 1.807) is 36.4 Å². The maximum Gasteiger partial charge on any atom is 0.283 e. The van der Waals surface area contributed by atoms with Crippen LogP contribution >= 0.6 is 11.6 Å². The molecule has 0 saturated heterocycles. The van der Waals surface area contributed by atoms with Crippen molar-refractivity contribution in [2.75, 3.05) is 10.2 Å². The number of rotatable bonds is 6. The molecule has 3 amide bonds. The first kappa shape index (κ1) is 22.3. The Balaban J connectivity index is 1.46. The van der Waals surface area contributed by atoms with Crippen LogP contribution in [0.25, 0.3) is 0 Å². The number of imide groups is 1. The minimum atomic E-state index is -0.574. The predicted octanol–water partition coefficient (Wildman–Crippen LogP) is 4.67. The van der Waals surface area contributed by atoms with E-state index in [-0.39, 0.29) is 16.6 Å². The third-order valence-corrected chi connectivity index (χ3v) is 5.91. The molecule has 3 aromatic carbocycles. The lowest BCUT2D eigenvalue weighted by Gasteiger charge is -2.18. The second-order valence-corrected chi connectivity index (χ2v) is 8.10.